The molecule has 3 heterocycles. The van der Waals surface area contributed by atoms with Gasteiger partial charge in [0.1, 0.15) is 18.4 Å². The second-order valence-corrected chi connectivity index (χ2v) is 7.65. The Morgan fingerprint density at radius 3 is 2.57 bits per heavy atom. The Kier molecular flexibility index (Phi) is 9.72. The first-order chi connectivity index (χ1) is 13.5. The summed E-state index contributed by atoms with van der Waals surface area (Å²) in [4.78, 5) is 38.8. The van der Waals surface area contributed by atoms with Crippen molar-refractivity contribution in [3.8, 4) is 5.75 Å². The smallest absolute Gasteiger partial charge is 0.489 e. The minimum atomic E-state index is -0.793. The van der Waals surface area contributed by atoms with Gasteiger partial charge < -0.3 is 22.2 Å². The molecule has 30 heavy (non-hydrogen) atoms. The number of piperidine rings is 2. The van der Waals surface area contributed by atoms with Crippen LogP contribution in [0.25, 0.3) is 0 Å². The van der Waals surface area contributed by atoms with Crippen LogP contribution in [0.3, 0.4) is 0 Å². The second-order valence-electron chi connectivity index (χ2n) is 7.65. The Morgan fingerprint density at radius 2 is 1.90 bits per heavy atom. The molecule has 2 amide bonds. The van der Waals surface area contributed by atoms with Crippen LogP contribution < -0.4 is 83.8 Å². The van der Waals surface area contributed by atoms with Crippen molar-refractivity contribution in [3.63, 3.8) is 0 Å². The van der Waals surface area contributed by atoms with Crippen molar-refractivity contribution < 1.29 is 93.1 Å². The van der Waals surface area contributed by atoms with E-state index in [4.69, 9.17) is 9.84 Å². The normalized spacial score (nSPS) is 22.1. The number of carbonyl (C=O) groups is 3. The number of nitrogens with one attached hydrogen (secondary N) is 1. The Labute approximate surface area is 236 Å². The maximum atomic E-state index is 12.4. The number of ether oxygens (including phenoxy) is 1. The van der Waals surface area contributed by atoms with Gasteiger partial charge in [-0.1, -0.05) is 12.1 Å². The summed E-state index contributed by atoms with van der Waals surface area (Å²) in [5.41, 5.74) is 2.04. The second kappa shape index (κ2) is 11.3. The minimum Gasteiger partial charge on any atom is -0.489 e. The van der Waals surface area contributed by atoms with E-state index in [9.17, 15) is 14.4 Å². The number of nitrogens with zero attached hydrogens (tertiary/aromatic N) is 2. The first kappa shape index (κ1) is 25.7. The van der Waals surface area contributed by atoms with Crippen molar-refractivity contribution in [2.75, 3.05) is 37.7 Å². The topological polar surface area (TPSA) is 99.2 Å². The summed E-state index contributed by atoms with van der Waals surface area (Å²) in [6, 6.07) is 5.68. The van der Waals surface area contributed by atoms with Crippen LogP contribution in [0, 0.1) is 7.43 Å². The Bertz CT molecular complexity index is 795. The zero-order chi connectivity index (χ0) is 19.7. The number of hydrogen-bond donors (Lipinski definition) is 2. The molecule has 9 heteroatoms. The molecular formula is C21H28CsN3O5. The van der Waals surface area contributed by atoms with Gasteiger partial charge in [-0.15, -0.1) is 0 Å². The molecule has 0 saturated carbocycles. The van der Waals surface area contributed by atoms with Gasteiger partial charge in [0.15, 0.2) is 0 Å². The van der Waals surface area contributed by atoms with Gasteiger partial charge in [0.25, 0.3) is 0 Å². The molecule has 3 aliphatic heterocycles. The molecule has 1 unspecified atom stereocenters. The van der Waals surface area contributed by atoms with E-state index in [1.54, 1.807) is 0 Å². The van der Waals surface area contributed by atoms with Crippen LogP contribution in [-0.4, -0.2) is 66.6 Å². The largest absolute Gasteiger partial charge is 1.00 e. The molecule has 0 bridgehead atoms. The van der Waals surface area contributed by atoms with Gasteiger partial charge in [-0.2, -0.15) is 0 Å². The van der Waals surface area contributed by atoms with Gasteiger partial charge in [-0.05, 0) is 49.9 Å². The number of likely N-dealkylation sites (tertiary alicyclic amines) is 1. The Balaban J connectivity index is 0.00000160. The fourth-order valence-corrected chi connectivity index (χ4v) is 4.51. The van der Waals surface area contributed by atoms with Gasteiger partial charge in [-0.25, -0.2) is 0 Å². The number of amides is 2. The van der Waals surface area contributed by atoms with Crippen LogP contribution in [0.4, 0.5) is 5.69 Å². The standard InChI is InChI=1S/C20H25N3O5.CH3.Cs/c24-17-5-4-16(20(27)21-17)23-10-11-28-19-14(2-1-3-15(19)23)13-6-8-22(9-7-13)12-18(25)26;;/h1-3,13,16H,4-12H2,(H,25,26)(H,21,24,27);1H3;/q;-1;+1. The van der Waals surface area contributed by atoms with Gasteiger partial charge >= 0.3 is 74.9 Å². The first-order valence-corrected chi connectivity index (χ1v) is 9.83. The van der Waals surface area contributed by atoms with E-state index < -0.39 is 5.97 Å². The molecule has 0 radical (unpaired) electrons. The van der Waals surface area contributed by atoms with E-state index in [1.807, 2.05) is 17.0 Å². The van der Waals surface area contributed by atoms with E-state index in [0.717, 1.165) is 42.9 Å². The molecule has 1 atom stereocenters. The maximum absolute atomic E-state index is 12.4. The fraction of sp³-hybridized carbons (Fsp3) is 0.524. The molecule has 1 aromatic carbocycles. The zero-order valence-electron chi connectivity index (χ0n) is 17.7. The minimum absolute atomic E-state index is 0. The third-order valence-corrected chi connectivity index (χ3v) is 5.89. The van der Waals surface area contributed by atoms with E-state index in [0.29, 0.717) is 31.9 Å². The predicted octanol–water partition coefficient (Wildman–Crippen LogP) is -1.59. The van der Waals surface area contributed by atoms with Crippen molar-refractivity contribution in [1.82, 2.24) is 10.2 Å². The summed E-state index contributed by atoms with van der Waals surface area (Å²) in [6.45, 7) is 2.69. The Morgan fingerprint density at radius 1 is 1.17 bits per heavy atom. The number of carbonyl (C=O) groups excluding carboxylic acids is 2. The average molecular weight is 535 g/mol. The van der Waals surface area contributed by atoms with E-state index >= 15 is 0 Å². The predicted molar refractivity (Wildman–Crippen MR) is 108 cm³/mol. The molecule has 4 rings (SSSR count). The third-order valence-electron chi connectivity index (χ3n) is 5.89. The van der Waals surface area contributed by atoms with Crippen molar-refractivity contribution in [2.45, 2.75) is 37.6 Å². The van der Waals surface area contributed by atoms with Crippen LogP contribution in [0.2, 0.25) is 0 Å². The third kappa shape index (κ3) is 5.62. The number of hydrogen-bond acceptors (Lipinski definition) is 6. The zero-order valence-corrected chi connectivity index (χ0v) is 24.0. The van der Waals surface area contributed by atoms with Gasteiger partial charge in [0.05, 0.1) is 18.8 Å². The van der Waals surface area contributed by atoms with E-state index in [2.05, 4.69) is 16.3 Å². The summed E-state index contributed by atoms with van der Waals surface area (Å²) in [5.74, 6) is -0.108. The number of anilines is 1. The van der Waals surface area contributed by atoms with Crippen molar-refractivity contribution in [3.05, 3.63) is 31.2 Å². The summed E-state index contributed by atoms with van der Waals surface area (Å²) in [5, 5.41) is 11.4. The number of benzene rings is 1. The van der Waals surface area contributed by atoms with Crippen molar-refractivity contribution in [2.24, 2.45) is 0 Å². The van der Waals surface area contributed by atoms with E-state index in [-0.39, 0.29) is 101 Å². The molecule has 0 aliphatic carbocycles. The number of carboxylic acids is 1. The molecule has 8 nitrogen and oxygen atoms in total. The molecule has 2 fully saturated rings. The summed E-state index contributed by atoms with van der Waals surface area (Å²) < 4.78 is 6.03. The Hall–Kier alpha value is -0.558. The van der Waals surface area contributed by atoms with Gasteiger partial charge in [0, 0.05) is 6.42 Å². The van der Waals surface area contributed by atoms with Crippen molar-refractivity contribution in [1.29, 1.82) is 0 Å². The van der Waals surface area contributed by atoms with Crippen LogP contribution in [0.15, 0.2) is 18.2 Å². The van der Waals surface area contributed by atoms with Crippen LogP contribution in [-0.2, 0) is 14.4 Å². The number of para-hydroxylation sites is 1. The van der Waals surface area contributed by atoms with Crippen molar-refractivity contribution >= 4 is 23.5 Å². The SMILES string of the molecule is O=C(O)CN1CCC(c2cccc3c2OCCN3C2CCC(=O)NC2=O)CC1.[CH3-].[Cs+]. The number of rotatable bonds is 4. The molecular weight excluding hydrogens is 507 g/mol. The van der Waals surface area contributed by atoms with Crippen LogP contribution in [0.1, 0.15) is 37.2 Å². The summed E-state index contributed by atoms with van der Waals surface area (Å²) in [6.07, 6.45) is 2.63. The van der Waals surface area contributed by atoms with E-state index in [1.165, 1.54) is 0 Å². The average Bonchev–Trinajstić information content (AvgIpc) is 2.67. The molecule has 3 aliphatic rings. The van der Waals surface area contributed by atoms with Gasteiger partial charge in [0.2, 0.25) is 11.8 Å². The number of aliphatic carboxylic acids is 1. The quantitative estimate of drug-likeness (QED) is 0.355. The summed E-state index contributed by atoms with van der Waals surface area (Å²) >= 11 is 0. The van der Waals surface area contributed by atoms with Crippen LogP contribution >= 0.6 is 0 Å². The first-order valence-electron chi connectivity index (χ1n) is 9.83. The molecule has 158 valence electrons. The monoisotopic (exact) mass is 535 g/mol. The van der Waals surface area contributed by atoms with Gasteiger partial charge in [-0.3, -0.25) is 24.6 Å². The molecule has 0 aromatic heterocycles. The fourth-order valence-electron chi connectivity index (χ4n) is 4.51. The number of imide groups is 1. The summed E-state index contributed by atoms with van der Waals surface area (Å²) in [7, 11) is 0. The molecule has 2 N–H and O–H groups in total. The molecule has 1 aromatic rings. The molecule has 0 spiro atoms. The maximum Gasteiger partial charge on any atom is 1.00 e. The van der Waals surface area contributed by atoms with Crippen LogP contribution in [0.5, 0.6) is 5.75 Å². The molecule has 2 saturated heterocycles. The number of fused-ring (bicyclic) bond motifs is 1. The number of carboxylic acid groups (broad SMARTS) is 1.